The summed E-state index contributed by atoms with van der Waals surface area (Å²) in [6, 6.07) is 1.69. The Bertz CT molecular complexity index is 560. The number of hydrogen-bond donors (Lipinski definition) is 1. The highest BCUT2D eigenvalue weighted by Gasteiger charge is 2.20. The van der Waals surface area contributed by atoms with E-state index in [2.05, 4.69) is 15.1 Å². The molecule has 5 heteroatoms. The third kappa shape index (κ3) is 2.81. The maximum atomic E-state index is 9.78. The highest BCUT2D eigenvalue weighted by Crippen LogP contribution is 2.32. The predicted molar refractivity (Wildman–Crippen MR) is 74.3 cm³/mol. The Hall–Kier alpha value is -1.91. The van der Waals surface area contributed by atoms with Gasteiger partial charge < -0.3 is 9.63 Å². The smallest absolute Gasteiger partial charge is 0.261 e. The van der Waals surface area contributed by atoms with Gasteiger partial charge in [0, 0.05) is 12.1 Å². The van der Waals surface area contributed by atoms with Crippen LogP contribution in [0.4, 0.5) is 0 Å². The largest absolute Gasteiger partial charge is 0.505 e. The van der Waals surface area contributed by atoms with Crippen LogP contribution in [0.5, 0.6) is 5.75 Å². The normalized spacial score (nSPS) is 17.6. The number of rotatable bonds is 2. The summed E-state index contributed by atoms with van der Waals surface area (Å²) in [7, 11) is 0. The molecule has 0 amide bonds. The average molecular weight is 273 g/mol. The molecule has 0 saturated heterocycles. The van der Waals surface area contributed by atoms with Crippen molar-refractivity contribution in [2.45, 2.75) is 50.9 Å². The summed E-state index contributed by atoms with van der Waals surface area (Å²) >= 11 is 0. The summed E-state index contributed by atoms with van der Waals surface area (Å²) in [4.78, 5) is 8.32. The van der Waals surface area contributed by atoms with Crippen molar-refractivity contribution in [3.05, 3.63) is 24.3 Å². The summed E-state index contributed by atoms with van der Waals surface area (Å²) in [5.41, 5.74) is 0.546. The van der Waals surface area contributed by atoms with E-state index in [9.17, 15) is 5.11 Å². The molecule has 2 aromatic heterocycles. The fraction of sp³-hybridized carbons (Fsp3) is 0.533. The van der Waals surface area contributed by atoms with Crippen LogP contribution in [0.1, 0.15) is 56.7 Å². The molecule has 2 aromatic rings. The summed E-state index contributed by atoms with van der Waals surface area (Å²) in [5.74, 6) is 1.61. The van der Waals surface area contributed by atoms with E-state index < -0.39 is 0 Å². The molecule has 1 fully saturated rings. The molecular formula is C15H19N3O2. The van der Waals surface area contributed by atoms with Crippen LogP contribution in [0.2, 0.25) is 0 Å². The minimum absolute atomic E-state index is 0.0698. The zero-order valence-corrected chi connectivity index (χ0v) is 11.5. The fourth-order valence-corrected chi connectivity index (χ4v) is 2.79. The number of aromatic hydroxyl groups is 1. The van der Waals surface area contributed by atoms with Gasteiger partial charge in [0.2, 0.25) is 0 Å². The molecule has 5 nitrogen and oxygen atoms in total. The SMILES string of the molecule is Oc1cnccc1-c1nc(C2CCCCCCC2)no1. The van der Waals surface area contributed by atoms with Gasteiger partial charge in [-0.3, -0.25) is 4.98 Å². The first-order chi connectivity index (χ1) is 9.84. The molecule has 0 radical (unpaired) electrons. The van der Waals surface area contributed by atoms with Crippen molar-refractivity contribution in [2.75, 3.05) is 0 Å². The molecule has 1 N–H and O–H groups in total. The van der Waals surface area contributed by atoms with Crippen LogP contribution in [0.15, 0.2) is 23.0 Å². The van der Waals surface area contributed by atoms with Crippen molar-refractivity contribution in [3.8, 4) is 17.2 Å². The minimum Gasteiger partial charge on any atom is -0.505 e. The molecule has 1 saturated carbocycles. The van der Waals surface area contributed by atoms with E-state index in [1.807, 2.05) is 0 Å². The van der Waals surface area contributed by atoms with Gasteiger partial charge in [-0.05, 0) is 18.9 Å². The average Bonchev–Trinajstić information content (AvgIpc) is 2.88. The summed E-state index contributed by atoms with van der Waals surface area (Å²) < 4.78 is 5.31. The number of hydrogen-bond acceptors (Lipinski definition) is 5. The van der Waals surface area contributed by atoms with E-state index in [1.165, 1.54) is 38.3 Å². The van der Waals surface area contributed by atoms with Crippen molar-refractivity contribution in [1.82, 2.24) is 15.1 Å². The summed E-state index contributed by atoms with van der Waals surface area (Å²) in [6.07, 6.45) is 11.6. The maximum absolute atomic E-state index is 9.78. The van der Waals surface area contributed by atoms with Crippen molar-refractivity contribution < 1.29 is 9.63 Å². The van der Waals surface area contributed by atoms with E-state index in [1.54, 1.807) is 12.3 Å². The highest BCUT2D eigenvalue weighted by molar-refractivity contribution is 5.60. The molecule has 3 rings (SSSR count). The van der Waals surface area contributed by atoms with Crippen LogP contribution in [0, 0.1) is 0 Å². The predicted octanol–water partition coefficient (Wildman–Crippen LogP) is 3.67. The standard InChI is InChI=1S/C15H19N3O2/c19-13-10-16-9-8-12(13)15-17-14(18-20-15)11-6-4-2-1-3-5-7-11/h8-11,19H,1-7H2. The van der Waals surface area contributed by atoms with Crippen LogP contribution in [0.25, 0.3) is 11.5 Å². The van der Waals surface area contributed by atoms with Crippen LogP contribution in [0.3, 0.4) is 0 Å². The van der Waals surface area contributed by atoms with Crippen LogP contribution >= 0.6 is 0 Å². The molecule has 0 aliphatic heterocycles. The van der Waals surface area contributed by atoms with Crippen molar-refractivity contribution >= 4 is 0 Å². The monoisotopic (exact) mass is 273 g/mol. The lowest BCUT2D eigenvalue weighted by Crippen LogP contribution is -2.04. The molecule has 0 aromatic carbocycles. The Kier molecular flexibility index (Phi) is 3.95. The first kappa shape index (κ1) is 13.1. The fourth-order valence-electron chi connectivity index (χ4n) is 2.79. The Labute approximate surface area is 118 Å². The van der Waals surface area contributed by atoms with Gasteiger partial charge in [0.1, 0.15) is 5.75 Å². The lowest BCUT2D eigenvalue weighted by Gasteiger charge is -2.15. The molecule has 0 unspecified atom stereocenters. The first-order valence-corrected chi connectivity index (χ1v) is 7.31. The molecule has 20 heavy (non-hydrogen) atoms. The third-order valence-electron chi connectivity index (χ3n) is 3.94. The number of aromatic nitrogens is 3. The second-order valence-corrected chi connectivity index (χ2v) is 5.39. The van der Waals surface area contributed by atoms with Crippen molar-refractivity contribution in [3.63, 3.8) is 0 Å². The number of pyridine rings is 1. The molecule has 2 heterocycles. The molecular weight excluding hydrogens is 254 g/mol. The second-order valence-electron chi connectivity index (χ2n) is 5.39. The third-order valence-corrected chi connectivity index (χ3v) is 3.94. The molecule has 106 valence electrons. The molecule has 0 bridgehead atoms. The lowest BCUT2D eigenvalue weighted by molar-refractivity contribution is 0.391. The van der Waals surface area contributed by atoms with E-state index in [-0.39, 0.29) is 5.75 Å². The summed E-state index contributed by atoms with van der Waals surface area (Å²) in [6.45, 7) is 0. The van der Waals surface area contributed by atoms with Crippen molar-refractivity contribution in [2.24, 2.45) is 0 Å². The van der Waals surface area contributed by atoms with E-state index in [4.69, 9.17) is 4.52 Å². The highest BCUT2D eigenvalue weighted by atomic mass is 16.5. The van der Waals surface area contributed by atoms with Gasteiger partial charge in [0.15, 0.2) is 5.82 Å². The second kappa shape index (κ2) is 6.03. The van der Waals surface area contributed by atoms with Gasteiger partial charge in [-0.2, -0.15) is 4.98 Å². The maximum Gasteiger partial charge on any atom is 0.261 e. The summed E-state index contributed by atoms with van der Waals surface area (Å²) in [5, 5.41) is 13.9. The van der Waals surface area contributed by atoms with Gasteiger partial charge >= 0.3 is 0 Å². The van der Waals surface area contributed by atoms with Crippen LogP contribution < -0.4 is 0 Å². The van der Waals surface area contributed by atoms with Crippen molar-refractivity contribution in [1.29, 1.82) is 0 Å². The quantitative estimate of drug-likeness (QED) is 0.903. The van der Waals surface area contributed by atoms with Gasteiger partial charge in [-0.25, -0.2) is 0 Å². The lowest BCUT2D eigenvalue weighted by atomic mass is 9.91. The molecule has 0 atom stereocenters. The van der Waals surface area contributed by atoms with Gasteiger partial charge in [-0.15, -0.1) is 0 Å². The van der Waals surface area contributed by atoms with E-state index in [0.717, 1.165) is 18.7 Å². The zero-order chi connectivity index (χ0) is 13.8. The van der Waals surface area contributed by atoms with Crippen LogP contribution in [-0.2, 0) is 0 Å². The topological polar surface area (TPSA) is 72.0 Å². The first-order valence-electron chi connectivity index (χ1n) is 7.31. The van der Waals surface area contributed by atoms with E-state index in [0.29, 0.717) is 17.4 Å². The number of nitrogens with zero attached hydrogens (tertiary/aromatic N) is 3. The minimum atomic E-state index is 0.0698. The van der Waals surface area contributed by atoms with E-state index >= 15 is 0 Å². The van der Waals surface area contributed by atoms with Gasteiger partial charge in [0.25, 0.3) is 5.89 Å². The molecule has 0 spiro atoms. The molecule has 1 aliphatic rings. The Morgan fingerprint density at radius 3 is 2.60 bits per heavy atom. The van der Waals surface area contributed by atoms with Crippen LogP contribution in [-0.4, -0.2) is 20.2 Å². The van der Waals surface area contributed by atoms with Gasteiger partial charge in [-0.1, -0.05) is 37.3 Å². The Balaban J connectivity index is 1.80. The molecule has 1 aliphatic carbocycles. The Morgan fingerprint density at radius 1 is 1.10 bits per heavy atom. The zero-order valence-electron chi connectivity index (χ0n) is 11.5. The van der Waals surface area contributed by atoms with Gasteiger partial charge in [0.05, 0.1) is 11.8 Å². The Morgan fingerprint density at radius 2 is 1.85 bits per heavy atom.